The molecule has 0 atom stereocenters. The summed E-state index contributed by atoms with van der Waals surface area (Å²) in [6, 6.07) is 7.97. The van der Waals surface area contributed by atoms with Gasteiger partial charge in [0.15, 0.2) is 12.1 Å². The van der Waals surface area contributed by atoms with E-state index in [2.05, 4.69) is 15.2 Å². The summed E-state index contributed by atoms with van der Waals surface area (Å²) in [5.74, 6) is 0.362. The fourth-order valence-corrected chi connectivity index (χ4v) is 2.86. The molecule has 3 rings (SSSR count). The Balaban J connectivity index is 1.72. The van der Waals surface area contributed by atoms with Crippen molar-refractivity contribution in [3.8, 4) is 0 Å². The van der Waals surface area contributed by atoms with Gasteiger partial charge in [0.1, 0.15) is 5.76 Å². The highest BCUT2D eigenvalue weighted by Crippen LogP contribution is 2.26. The average Bonchev–Trinajstić information content (AvgIpc) is 3.19. The van der Waals surface area contributed by atoms with E-state index in [1.807, 2.05) is 45.0 Å². The number of nitrogens with zero attached hydrogens (tertiary/aromatic N) is 2. The number of benzene rings is 1. The minimum Gasteiger partial charge on any atom is -0.447 e. The Morgan fingerprint density at radius 2 is 1.83 bits per heavy atom. The van der Waals surface area contributed by atoms with Gasteiger partial charge in [-0.25, -0.2) is 4.98 Å². The minimum atomic E-state index is -0.261. The van der Waals surface area contributed by atoms with E-state index in [0.717, 1.165) is 18.8 Å². The number of carbonyl (C=O) groups is 1. The van der Waals surface area contributed by atoms with Gasteiger partial charge in [-0.3, -0.25) is 4.79 Å². The van der Waals surface area contributed by atoms with Crippen molar-refractivity contribution in [3.05, 3.63) is 42.1 Å². The standard InChI is InChI=1S/C18H23N3O2/c1-18(2,3)16-15(19-12-23-16)17(22)20-13-6-8-14(9-7-13)21-10-4-5-11-21/h6-9,12H,4-5,10-11H2,1-3H3,(H,20,22). The summed E-state index contributed by atoms with van der Waals surface area (Å²) in [6.07, 6.45) is 3.83. The molecule has 2 aromatic rings. The molecule has 1 aliphatic heterocycles. The quantitative estimate of drug-likeness (QED) is 0.935. The predicted molar refractivity (Wildman–Crippen MR) is 91.0 cm³/mol. The van der Waals surface area contributed by atoms with Crippen molar-refractivity contribution >= 4 is 17.3 Å². The molecule has 122 valence electrons. The van der Waals surface area contributed by atoms with E-state index < -0.39 is 0 Å². The first-order valence-electron chi connectivity index (χ1n) is 8.05. The first kappa shape index (κ1) is 15.6. The number of amides is 1. The van der Waals surface area contributed by atoms with Crippen LogP contribution in [0.4, 0.5) is 11.4 Å². The van der Waals surface area contributed by atoms with E-state index in [-0.39, 0.29) is 11.3 Å². The molecule has 0 unspecified atom stereocenters. The van der Waals surface area contributed by atoms with Crippen LogP contribution in [0.1, 0.15) is 49.9 Å². The predicted octanol–water partition coefficient (Wildman–Crippen LogP) is 3.82. The van der Waals surface area contributed by atoms with Crippen molar-refractivity contribution in [1.82, 2.24) is 4.98 Å². The monoisotopic (exact) mass is 313 g/mol. The number of aromatic nitrogens is 1. The molecule has 1 amide bonds. The molecule has 1 aromatic heterocycles. The van der Waals surface area contributed by atoms with Gasteiger partial charge in [-0.05, 0) is 37.1 Å². The fraction of sp³-hybridized carbons (Fsp3) is 0.444. The zero-order valence-electron chi connectivity index (χ0n) is 13.9. The summed E-state index contributed by atoms with van der Waals surface area (Å²) in [6.45, 7) is 8.21. The van der Waals surface area contributed by atoms with Gasteiger partial charge in [-0.2, -0.15) is 0 Å². The Morgan fingerprint density at radius 1 is 1.17 bits per heavy atom. The molecule has 1 saturated heterocycles. The number of carbonyl (C=O) groups excluding carboxylic acids is 1. The molecule has 1 fully saturated rings. The lowest BCUT2D eigenvalue weighted by Crippen LogP contribution is -2.20. The van der Waals surface area contributed by atoms with Crippen LogP contribution < -0.4 is 10.2 Å². The van der Waals surface area contributed by atoms with Gasteiger partial charge >= 0.3 is 0 Å². The summed E-state index contributed by atoms with van der Waals surface area (Å²) < 4.78 is 5.40. The Bertz CT molecular complexity index is 677. The van der Waals surface area contributed by atoms with Gasteiger partial charge in [-0.15, -0.1) is 0 Å². The molecular formula is C18H23N3O2. The molecular weight excluding hydrogens is 290 g/mol. The van der Waals surface area contributed by atoms with Gasteiger partial charge < -0.3 is 14.6 Å². The molecule has 0 radical (unpaired) electrons. The second-order valence-corrected chi connectivity index (χ2v) is 6.98. The number of oxazole rings is 1. The second-order valence-electron chi connectivity index (χ2n) is 6.98. The van der Waals surface area contributed by atoms with Crippen molar-refractivity contribution < 1.29 is 9.21 Å². The summed E-state index contributed by atoms with van der Waals surface area (Å²) in [5.41, 5.74) is 2.06. The molecule has 1 N–H and O–H groups in total. The third-order valence-electron chi connectivity index (χ3n) is 4.06. The molecule has 0 saturated carbocycles. The maximum Gasteiger partial charge on any atom is 0.277 e. The Morgan fingerprint density at radius 3 is 2.43 bits per heavy atom. The molecule has 23 heavy (non-hydrogen) atoms. The van der Waals surface area contributed by atoms with Crippen LogP contribution in [0.25, 0.3) is 0 Å². The van der Waals surface area contributed by atoms with E-state index in [4.69, 9.17) is 4.42 Å². The highest BCUT2D eigenvalue weighted by Gasteiger charge is 2.27. The van der Waals surface area contributed by atoms with Gasteiger partial charge in [0.2, 0.25) is 0 Å². The van der Waals surface area contributed by atoms with Gasteiger partial charge in [-0.1, -0.05) is 20.8 Å². The van der Waals surface area contributed by atoms with Gasteiger partial charge in [0.05, 0.1) is 0 Å². The second kappa shape index (κ2) is 6.07. The van der Waals surface area contributed by atoms with E-state index in [9.17, 15) is 4.79 Å². The lowest BCUT2D eigenvalue weighted by molar-refractivity contribution is 0.101. The molecule has 5 heteroatoms. The normalized spacial score (nSPS) is 15.0. The Labute approximate surface area is 136 Å². The lowest BCUT2D eigenvalue weighted by atomic mass is 9.91. The van der Waals surface area contributed by atoms with Crippen molar-refractivity contribution in [1.29, 1.82) is 0 Å². The molecule has 0 bridgehead atoms. The maximum atomic E-state index is 12.4. The third-order valence-corrected chi connectivity index (χ3v) is 4.06. The van der Waals surface area contributed by atoms with Crippen LogP contribution in [0.3, 0.4) is 0 Å². The van der Waals surface area contributed by atoms with Crippen LogP contribution >= 0.6 is 0 Å². The van der Waals surface area contributed by atoms with Crippen molar-refractivity contribution in [3.63, 3.8) is 0 Å². The molecule has 0 aliphatic carbocycles. The molecule has 1 aliphatic rings. The highest BCUT2D eigenvalue weighted by atomic mass is 16.3. The summed E-state index contributed by atoms with van der Waals surface area (Å²) in [7, 11) is 0. The highest BCUT2D eigenvalue weighted by molar-refractivity contribution is 6.03. The molecule has 1 aromatic carbocycles. The van der Waals surface area contributed by atoms with Crippen LogP contribution in [0.5, 0.6) is 0 Å². The number of hydrogen-bond acceptors (Lipinski definition) is 4. The zero-order chi connectivity index (χ0) is 16.4. The van der Waals surface area contributed by atoms with E-state index >= 15 is 0 Å². The van der Waals surface area contributed by atoms with E-state index in [1.165, 1.54) is 24.9 Å². The molecule has 2 heterocycles. The fourth-order valence-electron chi connectivity index (χ4n) is 2.86. The third kappa shape index (κ3) is 3.38. The van der Waals surface area contributed by atoms with Crippen LogP contribution in [0.15, 0.2) is 35.1 Å². The van der Waals surface area contributed by atoms with Crippen molar-refractivity contribution in [2.45, 2.75) is 39.0 Å². The number of anilines is 2. The smallest absolute Gasteiger partial charge is 0.277 e. The van der Waals surface area contributed by atoms with Crippen molar-refractivity contribution in [2.75, 3.05) is 23.3 Å². The summed E-state index contributed by atoms with van der Waals surface area (Å²) in [4.78, 5) is 18.9. The first-order chi connectivity index (χ1) is 10.9. The van der Waals surface area contributed by atoms with E-state index in [1.54, 1.807) is 0 Å². The van der Waals surface area contributed by atoms with Crippen LogP contribution in [0, 0.1) is 0 Å². The molecule has 0 spiro atoms. The minimum absolute atomic E-state index is 0.238. The van der Waals surface area contributed by atoms with Crippen LogP contribution in [-0.2, 0) is 5.41 Å². The zero-order valence-corrected chi connectivity index (χ0v) is 13.9. The van der Waals surface area contributed by atoms with Gasteiger partial charge in [0.25, 0.3) is 5.91 Å². The number of nitrogens with one attached hydrogen (secondary N) is 1. The first-order valence-corrected chi connectivity index (χ1v) is 8.05. The largest absolute Gasteiger partial charge is 0.447 e. The topological polar surface area (TPSA) is 58.4 Å². The SMILES string of the molecule is CC(C)(C)c1ocnc1C(=O)Nc1ccc(N2CCCC2)cc1. The Hall–Kier alpha value is -2.30. The van der Waals surface area contributed by atoms with Crippen LogP contribution in [-0.4, -0.2) is 24.0 Å². The maximum absolute atomic E-state index is 12.4. The Kier molecular flexibility index (Phi) is 4.11. The number of rotatable bonds is 3. The average molecular weight is 313 g/mol. The summed E-state index contributed by atoms with van der Waals surface area (Å²) >= 11 is 0. The van der Waals surface area contributed by atoms with Crippen LogP contribution in [0.2, 0.25) is 0 Å². The van der Waals surface area contributed by atoms with Gasteiger partial charge in [0, 0.05) is 29.9 Å². The van der Waals surface area contributed by atoms with E-state index in [0.29, 0.717) is 11.5 Å². The molecule has 5 nitrogen and oxygen atoms in total. The lowest BCUT2D eigenvalue weighted by Gasteiger charge is -2.18. The number of hydrogen-bond donors (Lipinski definition) is 1. The van der Waals surface area contributed by atoms with Crippen molar-refractivity contribution in [2.24, 2.45) is 0 Å². The summed E-state index contributed by atoms with van der Waals surface area (Å²) in [5, 5.41) is 2.89.